The molecule has 0 aromatic heterocycles. The van der Waals surface area contributed by atoms with Crippen LogP contribution in [0.15, 0.2) is 0 Å². The molecule has 0 nitrogen and oxygen atoms in total. The van der Waals surface area contributed by atoms with E-state index >= 15 is 0 Å². The van der Waals surface area contributed by atoms with Crippen LogP contribution in [-0.4, -0.2) is 0 Å². The lowest BCUT2D eigenvalue weighted by molar-refractivity contribution is 0.886. The summed E-state index contributed by atoms with van der Waals surface area (Å²) in [5, 5.41) is 0. The van der Waals surface area contributed by atoms with Crippen LogP contribution in [0.1, 0.15) is 36.1 Å². The highest BCUT2D eigenvalue weighted by molar-refractivity contribution is 4.51. The van der Waals surface area contributed by atoms with Gasteiger partial charge in [0, 0.05) is 4.11 Å². The number of hydrogen-bond acceptors (Lipinski definition) is 0. The highest BCUT2D eigenvalue weighted by Gasteiger charge is 1.95. The molecule has 0 heteroatoms. The molecule has 0 amide bonds. The van der Waals surface area contributed by atoms with Crippen LogP contribution in [-0.2, 0) is 0 Å². The molecule has 5 heavy (non-hydrogen) atoms. The van der Waals surface area contributed by atoms with Gasteiger partial charge in [-0.05, 0) is 0 Å². The van der Waals surface area contributed by atoms with Gasteiger partial charge in [0.05, 0.1) is 0 Å². The van der Waals surface area contributed by atoms with Crippen molar-refractivity contribution in [1.82, 2.24) is 0 Å². The lowest BCUT2D eigenvalue weighted by Gasteiger charge is -1.67. The second-order valence-electron chi connectivity index (χ2n) is 1.30. The van der Waals surface area contributed by atoms with Crippen molar-refractivity contribution in [1.29, 1.82) is 0 Å². The molecule has 1 unspecified atom stereocenters. The molecule has 0 aliphatic heterocycles. The Kier molecular flexibility index (Phi) is 0.360. The SMILES string of the molecule is [2H]C1CCCC1([2H])[2H]. The average Bonchev–Trinajstić information content (AvgIpc) is 1.86. The third kappa shape index (κ3) is 0.640. The molecule has 1 atom stereocenters. The maximum absolute atomic E-state index is 7.17. The van der Waals surface area contributed by atoms with Gasteiger partial charge in [-0.2, -0.15) is 0 Å². The van der Waals surface area contributed by atoms with Crippen molar-refractivity contribution >= 4 is 0 Å². The highest BCUT2D eigenvalue weighted by Crippen LogP contribution is 2.15. The fraction of sp³-hybridized carbons (Fsp3) is 1.00. The predicted octanol–water partition coefficient (Wildman–Crippen LogP) is 1.95. The quantitative estimate of drug-likeness (QED) is 0.411. The van der Waals surface area contributed by atoms with E-state index in [1.807, 2.05) is 0 Å². The molecule has 1 aliphatic carbocycles. The Bertz CT molecular complexity index is 89.7. The standard InChI is InChI=1S/C5H10/c1-2-4-5-3-1/h1-5H2/i1D,2D2. The molecule has 30 valence electrons. The normalized spacial score (nSPS) is 57.6. The summed E-state index contributed by atoms with van der Waals surface area (Å²) in [7, 11) is 0. The van der Waals surface area contributed by atoms with Crippen molar-refractivity contribution in [2.24, 2.45) is 0 Å². The molecule has 1 aliphatic rings. The van der Waals surface area contributed by atoms with Crippen molar-refractivity contribution in [2.75, 3.05) is 0 Å². The van der Waals surface area contributed by atoms with Crippen molar-refractivity contribution in [3.05, 3.63) is 0 Å². The Hall–Kier alpha value is 0. The van der Waals surface area contributed by atoms with Crippen molar-refractivity contribution in [2.45, 2.75) is 32.0 Å². The van der Waals surface area contributed by atoms with Gasteiger partial charge in [-0.15, -0.1) is 0 Å². The van der Waals surface area contributed by atoms with Gasteiger partial charge in [0.15, 0.2) is 0 Å². The molecule has 0 bridgehead atoms. The molecular formula is C5H10. The molecule has 0 N–H and O–H groups in total. The minimum absolute atomic E-state index is 0.456. The van der Waals surface area contributed by atoms with Gasteiger partial charge in [-0.1, -0.05) is 32.0 Å². The second kappa shape index (κ2) is 1.44. The van der Waals surface area contributed by atoms with Crippen LogP contribution in [0, 0.1) is 0 Å². The molecule has 1 saturated carbocycles. The minimum atomic E-state index is -1.18. The monoisotopic (exact) mass is 73.1 g/mol. The van der Waals surface area contributed by atoms with Gasteiger partial charge in [0.2, 0.25) is 0 Å². The predicted molar refractivity (Wildman–Crippen MR) is 23.1 cm³/mol. The fourth-order valence-electron chi connectivity index (χ4n) is 0.510. The van der Waals surface area contributed by atoms with Crippen LogP contribution in [0.3, 0.4) is 0 Å². The average molecular weight is 73.2 g/mol. The summed E-state index contributed by atoms with van der Waals surface area (Å²) in [6.45, 7) is 0. The van der Waals surface area contributed by atoms with E-state index in [4.69, 9.17) is 4.11 Å². The van der Waals surface area contributed by atoms with Crippen LogP contribution in [0.25, 0.3) is 0 Å². The van der Waals surface area contributed by atoms with Crippen LogP contribution in [0.2, 0.25) is 0 Å². The van der Waals surface area contributed by atoms with Crippen LogP contribution >= 0.6 is 0 Å². The summed E-state index contributed by atoms with van der Waals surface area (Å²) in [6, 6.07) is 0. The van der Waals surface area contributed by atoms with Crippen molar-refractivity contribution in [3.63, 3.8) is 0 Å². The third-order valence-corrected chi connectivity index (χ3v) is 0.814. The summed E-state index contributed by atoms with van der Waals surface area (Å²) in [4.78, 5) is 0. The molecule has 1 fully saturated rings. The summed E-state index contributed by atoms with van der Waals surface area (Å²) >= 11 is 0. The zero-order valence-electron chi connectivity index (χ0n) is 6.20. The van der Waals surface area contributed by atoms with Crippen LogP contribution in [0.4, 0.5) is 0 Å². The first kappa shape index (κ1) is 1.25. The van der Waals surface area contributed by atoms with Gasteiger partial charge >= 0.3 is 0 Å². The molecule has 0 aromatic rings. The third-order valence-electron chi connectivity index (χ3n) is 0.814. The van der Waals surface area contributed by atoms with Gasteiger partial charge in [0.25, 0.3) is 0 Å². The van der Waals surface area contributed by atoms with E-state index in [9.17, 15) is 0 Å². The van der Waals surface area contributed by atoms with E-state index in [0.29, 0.717) is 6.42 Å². The van der Waals surface area contributed by atoms with Crippen LogP contribution < -0.4 is 0 Å². The molecule has 0 saturated heterocycles. The maximum atomic E-state index is 7.17. The summed E-state index contributed by atoms with van der Waals surface area (Å²) < 4.78 is 21.5. The van der Waals surface area contributed by atoms with Gasteiger partial charge in [-0.3, -0.25) is 0 Å². The first-order valence-corrected chi connectivity index (χ1v) is 2.05. The van der Waals surface area contributed by atoms with Gasteiger partial charge < -0.3 is 0 Å². The van der Waals surface area contributed by atoms with E-state index in [-0.39, 0.29) is 0 Å². The lowest BCUT2D eigenvalue weighted by atomic mass is 10.4. The number of hydrogen-bond donors (Lipinski definition) is 0. The Morgan fingerprint density at radius 3 is 2.40 bits per heavy atom. The molecule has 0 heterocycles. The van der Waals surface area contributed by atoms with Gasteiger partial charge in [-0.25, -0.2) is 0 Å². The largest absolute Gasteiger partial charge is 0.0533 e. The Morgan fingerprint density at radius 2 is 2.20 bits per heavy atom. The Labute approximate surface area is 37.4 Å². The Balaban J connectivity index is 2.54. The van der Waals surface area contributed by atoms with E-state index in [1.165, 1.54) is 0 Å². The van der Waals surface area contributed by atoms with E-state index in [2.05, 4.69) is 0 Å². The summed E-state index contributed by atoms with van der Waals surface area (Å²) in [6.07, 6.45) is 0.581. The molecule has 1 rings (SSSR count). The molecule has 0 radical (unpaired) electrons. The van der Waals surface area contributed by atoms with Gasteiger partial charge in [0.1, 0.15) is 0 Å². The van der Waals surface area contributed by atoms with E-state index in [1.54, 1.807) is 0 Å². The first-order valence-electron chi connectivity index (χ1n) is 3.63. The Morgan fingerprint density at radius 1 is 1.20 bits per heavy atom. The molecule has 0 aromatic carbocycles. The van der Waals surface area contributed by atoms with Crippen molar-refractivity contribution in [3.8, 4) is 0 Å². The van der Waals surface area contributed by atoms with Crippen LogP contribution in [0.5, 0.6) is 0 Å². The van der Waals surface area contributed by atoms with E-state index in [0.717, 1.165) is 12.8 Å². The summed E-state index contributed by atoms with van der Waals surface area (Å²) in [5.41, 5.74) is 0. The summed E-state index contributed by atoms with van der Waals surface area (Å²) in [5.74, 6) is 0. The topological polar surface area (TPSA) is 0 Å². The highest BCUT2D eigenvalue weighted by atomic mass is 14.0. The second-order valence-corrected chi connectivity index (χ2v) is 1.30. The lowest BCUT2D eigenvalue weighted by Crippen LogP contribution is -1.47. The number of rotatable bonds is 0. The first-order chi connectivity index (χ1) is 3.63. The van der Waals surface area contributed by atoms with E-state index < -0.39 is 12.8 Å². The maximum Gasteiger partial charge on any atom is 0.0267 e. The minimum Gasteiger partial charge on any atom is -0.0533 e. The smallest absolute Gasteiger partial charge is 0.0267 e. The zero-order chi connectivity index (χ0) is 6.20. The molecule has 0 spiro atoms. The zero-order valence-corrected chi connectivity index (χ0v) is 3.20. The fourth-order valence-corrected chi connectivity index (χ4v) is 0.510. The van der Waals surface area contributed by atoms with Crippen molar-refractivity contribution < 1.29 is 4.11 Å². The molecular weight excluding hydrogens is 60.1 g/mol.